The van der Waals surface area contributed by atoms with Gasteiger partial charge >= 0.3 is 11.9 Å². The van der Waals surface area contributed by atoms with E-state index >= 15 is 0 Å². The number of carbonyl (C=O) groups is 3. The molecule has 0 aromatic carbocycles. The second kappa shape index (κ2) is 5.29. The van der Waals surface area contributed by atoms with Gasteiger partial charge in [0, 0.05) is 12.3 Å². The summed E-state index contributed by atoms with van der Waals surface area (Å²) >= 11 is 0. The predicted molar refractivity (Wildman–Crippen MR) is 53.5 cm³/mol. The summed E-state index contributed by atoms with van der Waals surface area (Å²) in [6, 6.07) is 0. The smallest absolute Gasteiger partial charge is 0.352 e. The van der Waals surface area contributed by atoms with Gasteiger partial charge in [-0.25, -0.2) is 4.79 Å². The molecule has 6 nitrogen and oxygen atoms in total. The minimum atomic E-state index is -1.25. The van der Waals surface area contributed by atoms with Crippen LogP contribution in [0.25, 0.3) is 0 Å². The number of aliphatic carboxylic acids is 2. The van der Waals surface area contributed by atoms with Crippen molar-refractivity contribution in [3.63, 3.8) is 0 Å². The third-order valence-corrected chi connectivity index (χ3v) is 2.14. The van der Waals surface area contributed by atoms with Crippen LogP contribution in [0.3, 0.4) is 0 Å². The van der Waals surface area contributed by atoms with Crippen molar-refractivity contribution < 1.29 is 24.6 Å². The first-order valence-corrected chi connectivity index (χ1v) is 4.97. The molecule has 3 N–H and O–H groups in total. The fourth-order valence-electron chi connectivity index (χ4n) is 1.11. The number of amides is 1. The van der Waals surface area contributed by atoms with E-state index in [2.05, 4.69) is 5.32 Å². The van der Waals surface area contributed by atoms with Crippen molar-refractivity contribution in [2.24, 2.45) is 5.92 Å². The lowest BCUT2D eigenvalue weighted by atomic mass is 10.2. The molecular formula is C10H13NO5. The summed E-state index contributed by atoms with van der Waals surface area (Å²) in [7, 11) is 0. The van der Waals surface area contributed by atoms with Gasteiger partial charge in [-0.3, -0.25) is 9.59 Å². The molecule has 16 heavy (non-hydrogen) atoms. The molecule has 0 saturated heterocycles. The zero-order valence-corrected chi connectivity index (χ0v) is 8.60. The van der Waals surface area contributed by atoms with Crippen molar-refractivity contribution >= 4 is 17.8 Å². The van der Waals surface area contributed by atoms with Crippen molar-refractivity contribution in [1.29, 1.82) is 0 Å². The Morgan fingerprint density at radius 2 is 1.88 bits per heavy atom. The summed E-state index contributed by atoms with van der Waals surface area (Å²) in [6.07, 6.45) is 2.72. The first-order chi connectivity index (χ1) is 7.50. The number of carbonyl (C=O) groups excluding carboxylic acids is 1. The molecule has 6 heteroatoms. The van der Waals surface area contributed by atoms with E-state index in [0.717, 1.165) is 12.8 Å². The summed E-state index contributed by atoms with van der Waals surface area (Å²) < 4.78 is 0. The fourth-order valence-corrected chi connectivity index (χ4v) is 1.11. The summed E-state index contributed by atoms with van der Waals surface area (Å²) in [4.78, 5) is 32.2. The highest BCUT2D eigenvalue weighted by Gasteiger charge is 2.30. The molecule has 0 aromatic heterocycles. The van der Waals surface area contributed by atoms with Crippen LogP contribution in [-0.4, -0.2) is 28.1 Å². The maximum Gasteiger partial charge on any atom is 0.352 e. The first kappa shape index (κ1) is 12.2. The Morgan fingerprint density at radius 1 is 1.25 bits per heavy atom. The van der Waals surface area contributed by atoms with Crippen LogP contribution in [0.2, 0.25) is 0 Å². The average Bonchev–Trinajstić information content (AvgIpc) is 2.98. The van der Waals surface area contributed by atoms with Crippen LogP contribution in [0.1, 0.15) is 25.7 Å². The van der Waals surface area contributed by atoms with E-state index in [1.54, 1.807) is 0 Å². The molecule has 0 radical (unpaired) electrons. The first-order valence-electron chi connectivity index (χ1n) is 4.97. The highest BCUT2D eigenvalue weighted by atomic mass is 16.4. The maximum atomic E-state index is 11.3. The van der Waals surface area contributed by atoms with Gasteiger partial charge in [-0.15, -0.1) is 0 Å². The van der Waals surface area contributed by atoms with Crippen LogP contribution in [0, 0.1) is 5.92 Å². The lowest BCUT2D eigenvalue weighted by Gasteiger charge is -2.04. The molecule has 1 amide bonds. The molecule has 1 aliphatic rings. The zero-order chi connectivity index (χ0) is 12.1. The number of rotatable bonds is 6. The van der Waals surface area contributed by atoms with Crippen LogP contribution >= 0.6 is 0 Å². The topological polar surface area (TPSA) is 104 Å². The monoisotopic (exact) mass is 227 g/mol. The molecule has 0 spiro atoms. The van der Waals surface area contributed by atoms with E-state index < -0.39 is 11.9 Å². The second-order valence-corrected chi connectivity index (χ2v) is 3.62. The standard InChI is InChI=1S/C10H13NO5/c12-8(13)3-1-2-7(10(15)16)11-9(14)6-4-5-6/h2,6H,1,3-5H2,(H,11,14)(H,12,13)(H,15,16)/b7-2+. The summed E-state index contributed by atoms with van der Waals surface area (Å²) in [5, 5.41) is 19.4. The number of carboxylic acid groups (broad SMARTS) is 2. The van der Waals surface area contributed by atoms with Crippen LogP contribution in [-0.2, 0) is 14.4 Å². The molecular weight excluding hydrogens is 214 g/mol. The van der Waals surface area contributed by atoms with Gasteiger partial charge in [0.2, 0.25) is 5.91 Å². The van der Waals surface area contributed by atoms with Crippen LogP contribution in [0.4, 0.5) is 0 Å². The molecule has 1 aliphatic carbocycles. The Bertz CT molecular complexity index is 343. The third-order valence-electron chi connectivity index (χ3n) is 2.14. The minimum Gasteiger partial charge on any atom is -0.481 e. The Labute approximate surface area is 92.0 Å². The van der Waals surface area contributed by atoms with E-state index in [4.69, 9.17) is 10.2 Å². The number of allylic oxidation sites excluding steroid dienone is 1. The van der Waals surface area contributed by atoms with Gasteiger partial charge in [-0.05, 0) is 19.3 Å². The van der Waals surface area contributed by atoms with Gasteiger partial charge in [-0.1, -0.05) is 6.08 Å². The van der Waals surface area contributed by atoms with Gasteiger partial charge < -0.3 is 15.5 Å². The minimum absolute atomic E-state index is 0.0813. The van der Waals surface area contributed by atoms with Gasteiger partial charge in [0.25, 0.3) is 0 Å². The summed E-state index contributed by atoms with van der Waals surface area (Å²) in [6.45, 7) is 0. The predicted octanol–water partition coefficient (Wildman–Crippen LogP) is 0.346. The van der Waals surface area contributed by atoms with Crippen molar-refractivity contribution in [2.45, 2.75) is 25.7 Å². The number of hydrogen-bond acceptors (Lipinski definition) is 3. The molecule has 0 aromatic rings. The fraction of sp³-hybridized carbons (Fsp3) is 0.500. The molecule has 0 heterocycles. The molecule has 88 valence electrons. The summed E-state index contributed by atoms with van der Waals surface area (Å²) in [5.41, 5.74) is -0.238. The molecule has 0 atom stereocenters. The van der Waals surface area contributed by atoms with Gasteiger partial charge in [0.05, 0.1) is 0 Å². The Hall–Kier alpha value is -1.85. The number of hydrogen-bond donors (Lipinski definition) is 3. The third kappa shape index (κ3) is 4.12. The summed E-state index contributed by atoms with van der Waals surface area (Å²) in [5.74, 6) is -2.64. The second-order valence-electron chi connectivity index (χ2n) is 3.62. The quantitative estimate of drug-likeness (QED) is 0.568. The molecule has 0 aliphatic heterocycles. The average molecular weight is 227 g/mol. The van der Waals surface area contributed by atoms with Crippen LogP contribution in [0.5, 0.6) is 0 Å². The number of nitrogens with one attached hydrogen (secondary N) is 1. The normalized spacial score (nSPS) is 15.6. The molecule has 1 rings (SSSR count). The lowest BCUT2D eigenvalue weighted by molar-refractivity contribution is -0.137. The molecule has 1 fully saturated rings. The van der Waals surface area contributed by atoms with Gasteiger partial charge in [-0.2, -0.15) is 0 Å². The highest BCUT2D eigenvalue weighted by molar-refractivity contribution is 5.94. The Morgan fingerprint density at radius 3 is 2.31 bits per heavy atom. The largest absolute Gasteiger partial charge is 0.481 e. The zero-order valence-electron chi connectivity index (χ0n) is 8.60. The maximum absolute atomic E-state index is 11.3. The highest BCUT2D eigenvalue weighted by Crippen LogP contribution is 2.29. The molecule has 0 bridgehead atoms. The van der Waals surface area contributed by atoms with Crippen molar-refractivity contribution in [3.05, 3.63) is 11.8 Å². The van der Waals surface area contributed by atoms with Crippen molar-refractivity contribution in [3.8, 4) is 0 Å². The van der Waals surface area contributed by atoms with Crippen molar-refractivity contribution in [2.75, 3.05) is 0 Å². The van der Waals surface area contributed by atoms with Crippen LogP contribution < -0.4 is 5.32 Å². The van der Waals surface area contributed by atoms with E-state index in [9.17, 15) is 14.4 Å². The van der Waals surface area contributed by atoms with Crippen molar-refractivity contribution in [1.82, 2.24) is 5.32 Å². The van der Waals surface area contributed by atoms with Crippen LogP contribution in [0.15, 0.2) is 11.8 Å². The van der Waals surface area contributed by atoms with Gasteiger partial charge in [0.15, 0.2) is 0 Å². The molecule has 0 unspecified atom stereocenters. The van der Waals surface area contributed by atoms with E-state index in [0.29, 0.717) is 0 Å². The van der Waals surface area contributed by atoms with E-state index in [1.165, 1.54) is 6.08 Å². The SMILES string of the molecule is O=C(O)CC/C=C(/NC(=O)C1CC1)C(=O)O. The van der Waals surface area contributed by atoms with Gasteiger partial charge in [0.1, 0.15) is 5.70 Å². The lowest BCUT2D eigenvalue weighted by Crippen LogP contribution is -2.28. The van der Waals surface area contributed by atoms with E-state index in [-0.39, 0.29) is 30.4 Å². The molecule has 1 saturated carbocycles. The van der Waals surface area contributed by atoms with E-state index in [1.807, 2.05) is 0 Å². The number of carboxylic acids is 2. The Balaban J connectivity index is 2.48. The Kier molecular flexibility index (Phi) is 4.04.